The minimum absolute atomic E-state index is 0.132. The van der Waals surface area contributed by atoms with Crippen LogP contribution in [0.2, 0.25) is 0 Å². The zero-order chi connectivity index (χ0) is 32.9. The first-order valence-corrected chi connectivity index (χ1v) is 14.7. The molecule has 3 aliphatic heterocycles. The average molecular weight is 666 g/mol. The van der Waals surface area contributed by atoms with E-state index in [1.807, 2.05) is 0 Å². The van der Waals surface area contributed by atoms with E-state index in [1.54, 1.807) is 0 Å². The molecule has 0 aliphatic carbocycles. The number of hydrogen-bond acceptors (Lipinski definition) is 18. The van der Waals surface area contributed by atoms with Gasteiger partial charge in [0.25, 0.3) is 0 Å². The van der Waals surface area contributed by atoms with Gasteiger partial charge in [0, 0.05) is 6.92 Å². The normalized spacial score (nSPS) is 43.4. The van der Waals surface area contributed by atoms with E-state index in [-0.39, 0.29) is 6.61 Å². The Hall–Kier alpha value is -1.48. The zero-order valence-electron chi connectivity index (χ0n) is 23.3. The molecule has 3 aliphatic rings. The minimum Gasteiger partial charge on any atom is -0.394 e. The van der Waals surface area contributed by atoms with Crippen molar-refractivity contribution in [1.29, 1.82) is 0 Å². The molecular weight excluding hydrogens is 626 g/mol. The van der Waals surface area contributed by atoms with Crippen molar-refractivity contribution in [1.82, 2.24) is 5.32 Å². The third-order valence-corrected chi connectivity index (χ3v) is 7.49. The highest BCUT2D eigenvalue weighted by Crippen LogP contribution is 2.33. The first-order valence-electron chi connectivity index (χ1n) is 13.3. The molecule has 20 nitrogen and oxygen atoms in total. The average Bonchev–Trinajstić information content (AvgIpc) is 2.96. The predicted octanol–water partition coefficient (Wildman–Crippen LogP) is -6.39. The molecule has 1 amide bonds. The van der Waals surface area contributed by atoms with Crippen molar-refractivity contribution in [3.8, 4) is 0 Å². The molecule has 3 heterocycles. The number of hydrogen-bond donors (Lipinski definition) is 10. The van der Waals surface area contributed by atoms with Crippen LogP contribution >= 0.6 is 0 Å². The number of aliphatic hydroxyl groups excluding tert-OH is 8. The van der Waals surface area contributed by atoms with Crippen LogP contribution < -0.4 is 5.32 Å². The first kappa shape index (κ1) is 37.0. The number of ether oxygens (including phenoxy) is 6. The second-order valence-electron chi connectivity index (χ2n) is 10.2. The highest BCUT2D eigenvalue weighted by Gasteiger charge is 2.54. The van der Waals surface area contributed by atoms with E-state index in [2.05, 4.69) is 16.1 Å². The van der Waals surface area contributed by atoms with E-state index in [1.165, 1.54) is 6.08 Å². The van der Waals surface area contributed by atoms with Gasteiger partial charge in [-0.15, -0.1) is 6.58 Å². The van der Waals surface area contributed by atoms with Gasteiger partial charge in [0.05, 0.1) is 26.4 Å². The van der Waals surface area contributed by atoms with Crippen LogP contribution in [0, 0.1) is 0 Å². The van der Waals surface area contributed by atoms with Crippen LogP contribution in [-0.4, -0.2) is 178 Å². The Labute approximate surface area is 251 Å². The molecule has 0 aromatic carbocycles. The summed E-state index contributed by atoms with van der Waals surface area (Å²) in [5.74, 6) is -0.775. The van der Waals surface area contributed by atoms with E-state index in [9.17, 15) is 54.1 Å². The van der Waals surface area contributed by atoms with Crippen molar-refractivity contribution in [2.24, 2.45) is 0 Å². The van der Waals surface area contributed by atoms with Crippen LogP contribution in [0.3, 0.4) is 0 Å². The zero-order valence-corrected chi connectivity index (χ0v) is 24.1. The van der Waals surface area contributed by atoms with Gasteiger partial charge >= 0.3 is 10.4 Å². The summed E-state index contributed by atoms with van der Waals surface area (Å²) in [5.41, 5.74) is 0. The van der Waals surface area contributed by atoms with Gasteiger partial charge in [-0.1, -0.05) is 6.08 Å². The lowest BCUT2D eigenvalue weighted by atomic mass is 9.94. The van der Waals surface area contributed by atoms with Gasteiger partial charge in [-0.2, -0.15) is 8.42 Å². The molecule has 0 bridgehead atoms. The summed E-state index contributed by atoms with van der Waals surface area (Å²) in [6.45, 7) is 1.69. The molecular formula is C23H39NO19S. The van der Waals surface area contributed by atoms with E-state index in [0.717, 1.165) is 6.92 Å². The summed E-state index contributed by atoms with van der Waals surface area (Å²) in [4.78, 5) is 12.2. The van der Waals surface area contributed by atoms with E-state index in [0.29, 0.717) is 0 Å². The largest absolute Gasteiger partial charge is 0.397 e. The maximum atomic E-state index is 12.2. The van der Waals surface area contributed by atoms with Crippen molar-refractivity contribution in [3.63, 3.8) is 0 Å². The van der Waals surface area contributed by atoms with Crippen LogP contribution in [0.1, 0.15) is 6.92 Å². The van der Waals surface area contributed by atoms with Gasteiger partial charge in [0.2, 0.25) is 5.91 Å². The fourth-order valence-corrected chi connectivity index (χ4v) is 5.18. The molecule has 0 saturated carbocycles. The molecule has 3 saturated heterocycles. The van der Waals surface area contributed by atoms with Gasteiger partial charge < -0.3 is 74.6 Å². The molecule has 0 spiro atoms. The predicted molar refractivity (Wildman–Crippen MR) is 137 cm³/mol. The summed E-state index contributed by atoms with van der Waals surface area (Å²) in [6, 6.07) is -1.63. The number of rotatable bonds is 13. The maximum absolute atomic E-state index is 12.2. The highest BCUT2D eigenvalue weighted by molar-refractivity contribution is 7.80. The molecule has 3 rings (SSSR count). The lowest BCUT2D eigenvalue weighted by molar-refractivity contribution is -0.365. The third kappa shape index (κ3) is 8.86. The quantitative estimate of drug-likeness (QED) is 0.0646. The van der Waals surface area contributed by atoms with Crippen LogP contribution in [0.15, 0.2) is 12.7 Å². The first-order chi connectivity index (χ1) is 20.6. The number of amides is 1. The molecule has 3 fully saturated rings. The molecule has 0 aromatic rings. The Kier molecular flexibility index (Phi) is 13.3. The van der Waals surface area contributed by atoms with Crippen LogP contribution in [0.25, 0.3) is 0 Å². The van der Waals surface area contributed by atoms with Gasteiger partial charge in [0.1, 0.15) is 73.2 Å². The smallest absolute Gasteiger partial charge is 0.394 e. The Morgan fingerprint density at radius 3 is 1.91 bits per heavy atom. The molecule has 0 radical (unpaired) electrons. The Bertz CT molecular complexity index is 1050. The molecule has 256 valence electrons. The fourth-order valence-electron chi connectivity index (χ4n) is 4.88. The van der Waals surface area contributed by atoms with Gasteiger partial charge in [-0.05, 0) is 0 Å². The van der Waals surface area contributed by atoms with Gasteiger partial charge in [-0.3, -0.25) is 9.35 Å². The second kappa shape index (κ2) is 15.9. The molecule has 15 atom stereocenters. The van der Waals surface area contributed by atoms with Crippen molar-refractivity contribution in [3.05, 3.63) is 12.7 Å². The molecule has 0 aromatic heterocycles. The summed E-state index contributed by atoms with van der Waals surface area (Å²) in [7, 11) is -5.09. The molecule has 10 N–H and O–H groups in total. The van der Waals surface area contributed by atoms with E-state index >= 15 is 0 Å². The second-order valence-corrected chi connectivity index (χ2v) is 11.3. The number of aliphatic hydroxyl groups is 8. The number of carbonyl (C=O) groups excluding carboxylic acids is 1. The number of carbonyl (C=O) groups is 1. The molecule has 44 heavy (non-hydrogen) atoms. The van der Waals surface area contributed by atoms with Crippen molar-refractivity contribution in [2.75, 3.05) is 26.4 Å². The summed E-state index contributed by atoms with van der Waals surface area (Å²) in [5, 5.41) is 85.2. The van der Waals surface area contributed by atoms with E-state index in [4.69, 9.17) is 33.0 Å². The lowest BCUT2D eigenvalue weighted by Crippen LogP contribution is -2.70. The Balaban J connectivity index is 1.98. The summed E-state index contributed by atoms with van der Waals surface area (Å²) in [6.07, 6.45) is -23.2. The van der Waals surface area contributed by atoms with Gasteiger partial charge in [-0.25, -0.2) is 4.18 Å². The van der Waals surface area contributed by atoms with Crippen molar-refractivity contribution in [2.45, 2.75) is 99.0 Å². The minimum atomic E-state index is -5.09. The van der Waals surface area contributed by atoms with E-state index < -0.39 is 128 Å². The Morgan fingerprint density at radius 1 is 0.795 bits per heavy atom. The number of nitrogens with one attached hydrogen (secondary N) is 1. The summed E-state index contributed by atoms with van der Waals surface area (Å²) < 4.78 is 69.1. The van der Waals surface area contributed by atoms with Crippen molar-refractivity contribution >= 4 is 16.3 Å². The standard InChI is InChI=1S/C23H39NO19S/c1-3-4-37-22-18(33)20(14(29)10(6-26)39-22)43-21-12(24-8(2)27)19(15(30)11(41-21)7-38-44(34,35)36)42-23-17(32)16(31)13(28)9(5-25)40-23/h3,9-23,25-26,28-33H,1,4-7H2,2H3,(H,24,27)(H,34,35,36)/t9-,10-,11-,12-,13+,14+,15-,16+,17-,18-,19-,20+,21+,22-,23+/m1/s1. The lowest BCUT2D eigenvalue weighted by Gasteiger charge is -2.49. The third-order valence-electron chi connectivity index (χ3n) is 7.06. The van der Waals surface area contributed by atoms with Crippen LogP contribution in [0.4, 0.5) is 0 Å². The maximum Gasteiger partial charge on any atom is 0.397 e. The van der Waals surface area contributed by atoms with Gasteiger partial charge in [0.15, 0.2) is 18.9 Å². The highest BCUT2D eigenvalue weighted by atomic mass is 32.3. The SMILES string of the molecule is C=CCO[C@@H]1O[C@H](CO)[C@H](O)[C@H](O[C@@H]2O[C@H](COS(=O)(=O)O)[C@@H](O)[C@H](O[C@@H]3O[C@H](CO)[C@H](O)[C@H](O)[C@H]3O)[C@H]2NC(C)=O)[C@H]1O. The molecule has 0 unspecified atom stereocenters. The van der Waals surface area contributed by atoms with Crippen LogP contribution in [0.5, 0.6) is 0 Å². The fraction of sp³-hybridized carbons (Fsp3) is 0.870. The van der Waals surface area contributed by atoms with Crippen molar-refractivity contribution < 1.29 is 91.2 Å². The summed E-state index contributed by atoms with van der Waals surface area (Å²) >= 11 is 0. The molecule has 21 heteroatoms. The Morgan fingerprint density at radius 2 is 1.34 bits per heavy atom. The van der Waals surface area contributed by atoms with Crippen LogP contribution in [-0.2, 0) is 47.8 Å². The topological polar surface area (TPSA) is 310 Å². The monoisotopic (exact) mass is 665 g/mol.